The summed E-state index contributed by atoms with van der Waals surface area (Å²) in [5.41, 5.74) is 1.71. The van der Waals surface area contributed by atoms with Crippen LogP contribution in [0.15, 0.2) is 41.4 Å². The van der Waals surface area contributed by atoms with Gasteiger partial charge < -0.3 is 4.74 Å². The highest BCUT2D eigenvalue weighted by molar-refractivity contribution is 7.93. The van der Waals surface area contributed by atoms with Gasteiger partial charge in [0.15, 0.2) is 9.84 Å². The smallest absolute Gasteiger partial charge is 0.316 e. The van der Waals surface area contributed by atoms with E-state index in [1.807, 2.05) is 13.8 Å². The van der Waals surface area contributed by atoms with Crippen molar-refractivity contribution in [2.45, 2.75) is 29.9 Å². The third-order valence-electron chi connectivity index (χ3n) is 5.83. The van der Waals surface area contributed by atoms with Crippen molar-refractivity contribution < 1.29 is 21.6 Å². The van der Waals surface area contributed by atoms with Gasteiger partial charge in [-0.2, -0.15) is 4.31 Å². The van der Waals surface area contributed by atoms with Crippen LogP contribution in [-0.2, 0) is 19.9 Å². The molecule has 2 aliphatic heterocycles. The molecule has 1 unspecified atom stereocenters. The van der Waals surface area contributed by atoms with Gasteiger partial charge in [-0.15, -0.1) is 0 Å². The molecule has 3 heterocycles. The molecule has 1 aromatic heterocycles. The number of rotatable bonds is 5. The summed E-state index contributed by atoms with van der Waals surface area (Å²) in [5, 5.41) is 0. The van der Waals surface area contributed by atoms with Gasteiger partial charge in [0.2, 0.25) is 10.0 Å². The Labute approximate surface area is 170 Å². The van der Waals surface area contributed by atoms with Crippen LogP contribution in [-0.4, -0.2) is 61.3 Å². The zero-order valence-corrected chi connectivity index (χ0v) is 17.9. The number of sulfonamides is 1. The van der Waals surface area contributed by atoms with Crippen LogP contribution in [0.3, 0.4) is 0 Å². The molecule has 0 saturated carbocycles. The first-order chi connectivity index (χ1) is 13.6. The van der Waals surface area contributed by atoms with E-state index in [1.165, 1.54) is 4.31 Å². The zero-order chi connectivity index (χ0) is 20.9. The van der Waals surface area contributed by atoms with Gasteiger partial charge in [-0.05, 0) is 38.5 Å². The van der Waals surface area contributed by atoms with Gasteiger partial charge in [0, 0.05) is 30.9 Å². The number of sulfone groups is 1. The maximum absolute atomic E-state index is 12.9. The molecule has 10 heteroatoms. The average molecular weight is 438 g/mol. The first-order valence-electron chi connectivity index (χ1n) is 9.36. The second-order valence-corrected chi connectivity index (χ2v) is 12.1. The first kappa shape index (κ1) is 20.2. The number of ether oxygens (including phenoxy) is 1. The van der Waals surface area contributed by atoms with E-state index >= 15 is 0 Å². The van der Waals surface area contributed by atoms with Gasteiger partial charge in [0.25, 0.3) is 0 Å². The molecule has 8 nitrogen and oxygen atoms in total. The van der Waals surface area contributed by atoms with Gasteiger partial charge >= 0.3 is 6.01 Å². The lowest BCUT2D eigenvalue weighted by Gasteiger charge is -2.48. The standard InChI is InChI=1S/C19H23N3O5S2/c1-14-3-5-17(6-4-14)29(25,26)22-12-19(13-22)16(8-10-28(19,23)24)11-27-18-20-9-7-15(2)21-18/h3-7,9,16H,8,10-13H2,1-2H3. The van der Waals surface area contributed by atoms with Gasteiger partial charge in [0.05, 0.1) is 17.3 Å². The summed E-state index contributed by atoms with van der Waals surface area (Å²) >= 11 is 0. The Hall–Kier alpha value is -2.04. The highest BCUT2D eigenvalue weighted by Crippen LogP contribution is 2.46. The predicted molar refractivity (Wildman–Crippen MR) is 107 cm³/mol. The van der Waals surface area contributed by atoms with Gasteiger partial charge in [-0.1, -0.05) is 17.7 Å². The highest BCUT2D eigenvalue weighted by Gasteiger charge is 2.64. The Morgan fingerprint density at radius 3 is 2.52 bits per heavy atom. The molecule has 0 N–H and O–H groups in total. The summed E-state index contributed by atoms with van der Waals surface area (Å²) in [6.45, 7) is 3.74. The van der Waals surface area contributed by atoms with Gasteiger partial charge in [-0.25, -0.2) is 26.8 Å². The second-order valence-electron chi connectivity index (χ2n) is 7.75. The molecular weight excluding hydrogens is 414 g/mol. The molecule has 0 aliphatic carbocycles. The summed E-state index contributed by atoms with van der Waals surface area (Å²) in [7, 11) is -7.15. The Balaban J connectivity index is 1.52. The van der Waals surface area contributed by atoms with Gasteiger partial charge in [0.1, 0.15) is 4.75 Å². The molecule has 2 aliphatic rings. The monoisotopic (exact) mass is 437 g/mol. The minimum Gasteiger partial charge on any atom is -0.463 e. The van der Waals surface area contributed by atoms with Crippen molar-refractivity contribution >= 4 is 19.9 Å². The van der Waals surface area contributed by atoms with E-state index in [2.05, 4.69) is 9.97 Å². The van der Waals surface area contributed by atoms with E-state index < -0.39 is 24.6 Å². The summed E-state index contributed by atoms with van der Waals surface area (Å²) in [4.78, 5) is 8.39. The molecule has 29 heavy (non-hydrogen) atoms. The zero-order valence-electron chi connectivity index (χ0n) is 16.3. The molecule has 1 aromatic carbocycles. The van der Waals surface area contributed by atoms with E-state index in [1.54, 1.807) is 36.5 Å². The Bertz CT molecular complexity index is 1120. The van der Waals surface area contributed by atoms with Crippen molar-refractivity contribution in [3.05, 3.63) is 47.8 Å². The molecule has 2 saturated heterocycles. The molecule has 2 fully saturated rings. The number of nitrogens with zero attached hydrogens (tertiary/aromatic N) is 3. The summed E-state index contributed by atoms with van der Waals surface area (Å²) in [6.07, 6.45) is 2.02. The quantitative estimate of drug-likeness (QED) is 0.695. The lowest BCUT2D eigenvalue weighted by molar-refractivity contribution is 0.120. The van der Waals surface area contributed by atoms with Crippen molar-refractivity contribution in [2.75, 3.05) is 25.4 Å². The first-order valence-corrected chi connectivity index (χ1v) is 12.4. The number of benzene rings is 1. The lowest BCUT2D eigenvalue weighted by atomic mass is 9.85. The van der Waals surface area contributed by atoms with E-state index in [4.69, 9.17) is 4.74 Å². The fraction of sp³-hybridized carbons (Fsp3) is 0.474. The third kappa shape index (κ3) is 3.43. The topological polar surface area (TPSA) is 107 Å². The minimum atomic E-state index is -3.73. The number of aryl methyl sites for hydroxylation is 2. The van der Waals surface area contributed by atoms with E-state index in [9.17, 15) is 16.8 Å². The van der Waals surface area contributed by atoms with Crippen molar-refractivity contribution in [1.82, 2.24) is 14.3 Å². The number of aromatic nitrogens is 2. The van der Waals surface area contributed by atoms with Crippen LogP contribution in [0.1, 0.15) is 17.7 Å². The Kier molecular flexibility index (Phi) is 4.91. The SMILES string of the molecule is Cc1ccc(S(=O)(=O)N2CC3(C2)C(COc2nccc(C)n2)CCS3(=O)=O)cc1. The van der Waals surface area contributed by atoms with Crippen LogP contribution in [0.2, 0.25) is 0 Å². The van der Waals surface area contributed by atoms with Crippen molar-refractivity contribution in [3.63, 3.8) is 0 Å². The number of hydrogen-bond acceptors (Lipinski definition) is 7. The predicted octanol–water partition coefficient (Wildman–Crippen LogP) is 1.35. The molecule has 2 aromatic rings. The molecule has 1 spiro atoms. The Morgan fingerprint density at radius 1 is 1.17 bits per heavy atom. The van der Waals surface area contributed by atoms with E-state index in [-0.39, 0.29) is 42.3 Å². The normalized spacial score (nSPS) is 23.0. The lowest BCUT2D eigenvalue weighted by Crippen LogP contribution is -2.68. The molecule has 1 atom stereocenters. The maximum atomic E-state index is 12.9. The highest BCUT2D eigenvalue weighted by atomic mass is 32.2. The van der Waals surface area contributed by atoms with Crippen LogP contribution in [0.4, 0.5) is 0 Å². The molecule has 0 bridgehead atoms. The molecule has 156 valence electrons. The van der Waals surface area contributed by atoms with Crippen LogP contribution < -0.4 is 4.74 Å². The van der Waals surface area contributed by atoms with Gasteiger partial charge in [-0.3, -0.25) is 0 Å². The van der Waals surface area contributed by atoms with E-state index in [0.29, 0.717) is 6.42 Å². The third-order valence-corrected chi connectivity index (χ3v) is 10.2. The van der Waals surface area contributed by atoms with Crippen LogP contribution in [0.25, 0.3) is 0 Å². The summed E-state index contributed by atoms with van der Waals surface area (Å²) in [5.74, 6) is -0.269. The fourth-order valence-corrected chi connectivity index (χ4v) is 8.10. The largest absolute Gasteiger partial charge is 0.463 e. The molecular formula is C19H23N3O5S2. The molecule has 0 radical (unpaired) electrons. The maximum Gasteiger partial charge on any atom is 0.316 e. The molecule has 4 rings (SSSR count). The summed E-state index contributed by atoms with van der Waals surface area (Å²) in [6, 6.07) is 8.50. The second kappa shape index (κ2) is 7.03. The summed E-state index contributed by atoms with van der Waals surface area (Å²) < 4.78 is 57.1. The van der Waals surface area contributed by atoms with Crippen molar-refractivity contribution in [2.24, 2.45) is 5.92 Å². The van der Waals surface area contributed by atoms with Crippen molar-refractivity contribution in [3.8, 4) is 6.01 Å². The molecule has 0 amide bonds. The number of hydrogen-bond donors (Lipinski definition) is 0. The van der Waals surface area contributed by atoms with E-state index in [0.717, 1.165) is 11.3 Å². The minimum absolute atomic E-state index is 0.0358. The van der Waals surface area contributed by atoms with Crippen LogP contribution in [0.5, 0.6) is 6.01 Å². The Morgan fingerprint density at radius 2 is 1.86 bits per heavy atom. The fourth-order valence-electron chi connectivity index (χ4n) is 3.96. The van der Waals surface area contributed by atoms with Crippen LogP contribution >= 0.6 is 0 Å². The average Bonchev–Trinajstić information content (AvgIpc) is 2.89. The van der Waals surface area contributed by atoms with Crippen molar-refractivity contribution in [1.29, 1.82) is 0 Å². The van der Waals surface area contributed by atoms with Crippen LogP contribution in [0, 0.1) is 19.8 Å².